The van der Waals surface area contributed by atoms with Gasteiger partial charge in [0.15, 0.2) is 5.82 Å². The summed E-state index contributed by atoms with van der Waals surface area (Å²) in [5.41, 5.74) is 0.188. The van der Waals surface area contributed by atoms with E-state index in [9.17, 15) is 17.4 Å². The second-order valence-corrected chi connectivity index (χ2v) is 10.6. The lowest BCUT2D eigenvalue weighted by Gasteiger charge is -2.25. The number of halogens is 3. The van der Waals surface area contributed by atoms with Gasteiger partial charge in [0.1, 0.15) is 5.69 Å². The first-order valence-corrected chi connectivity index (χ1v) is 10.2. The van der Waals surface area contributed by atoms with Crippen molar-refractivity contribution in [1.29, 1.82) is 0 Å². The zero-order valence-electron chi connectivity index (χ0n) is 15.9. The Bertz CT molecular complexity index is 1140. The van der Waals surface area contributed by atoms with Crippen LogP contribution >= 0.6 is 0 Å². The number of aromatic amines is 1. The van der Waals surface area contributed by atoms with Crippen LogP contribution in [-0.4, -0.2) is 30.0 Å². The van der Waals surface area contributed by atoms with Crippen LogP contribution in [0.4, 0.5) is 24.7 Å². The van der Waals surface area contributed by atoms with Gasteiger partial charge in [0.05, 0.1) is 11.2 Å². The van der Waals surface area contributed by atoms with E-state index in [4.69, 9.17) is 0 Å². The van der Waals surface area contributed by atoms with E-state index < -0.39 is 26.1 Å². The third kappa shape index (κ3) is 3.46. The minimum atomic E-state index is -4.52. The van der Waals surface area contributed by atoms with Gasteiger partial charge in [-0.15, -0.1) is 0 Å². The molecule has 150 valence electrons. The summed E-state index contributed by atoms with van der Waals surface area (Å²) in [5, 5.41) is 9.33. The highest BCUT2D eigenvalue weighted by molar-refractivity contribution is 8.01. The Morgan fingerprint density at radius 1 is 1.18 bits per heavy atom. The summed E-state index contributed by atoms with van der Waals surface area (Å²) in [7, 11) is -2.61. The number of hydrogen-bond donors (Lipinski definition) is 2. The number of pyridine rings is 1. The van der Waals surface area contributed by atoms with Crippen LogP contribution in [0, 0.1) is 6.92 Å². The molecule has 0 bridgehead atoms. The van der Waals surface area contributed by atoms with Crippen molar-refractivity contribution in [2.24, 2.45) is 0 Å². The van der Waals surface area contributed by atoms with Gasteiger partial charge in [-0.25, -0.2) is 0 Å². The number of hydrogen-bond acceptors (Lipinski definition) is 4. The fourth-order valence-corrected chi connectivity index (χ4v) is 4.02. The molecule has 9 heteroatoms. The molecule has 0 radical (unpaired) electrons. The molecule has 0 aliphatic rings. The number of H-pyrrole nitrogens is 1. The summed E-state index contributed by atoms with van der Waals surface area (Å²) >= 11 is 0. The van der Waals surface area contributed by atoms with Gasteiger partial charge in [0, 0.05) is 36.3 Å². The molecule has 3 aromatic rings. The quantitative estimate of drug-likeness (QED) is 0.603. The number of alkyl halides is 3. The smallest absolute Gasteiger partial charge is 0.338 e. The summed E-state index contributed by atoms with van der Waals surface area (Å²) in [6, 6.07) is 6.81. The zero-order chi connectivity index (χ0) is 20.9. The van der Waals surface area contributed by atoms with Crippen molar-refractivity contribution in [2.45, 2.75) is 43.5 Å². The maximum absolute atomic E-state index is 13.2. The molecule has 3 rings (SSSR count). The van der Waals surface area contributed by atoms with Gasteiger partial charge in [0.2, 0.25) is 0 Å². The summed E-state index contributed by atoms with van der Waals surface area (Å²) < 4.78 is 51.6. The van der Waals surface area contributed by atoms with E-state index in [0.717, 1.165) is 0 Å². The van der Waals surface area contributed by atoms with Crippen molar-refractivity contribution in [3.8, 4) is 0 Å². The fourth-order valence-electron chi connectivity index (χ4n) is 2.72. The maximum Gasteiger partial charge on any atom is 0.433 e. The second-order valence-electron chi connectivity index (χ2n) is 7.52. The van der Waals surface area contributed by atoms with E-state index in [1.54, 1.807) is 30.5 Å². The number of rotatable bonds is 3. The number of anilines is 2. The predicted octanol–water partition coefficient (Wildman–Crippen LogP) is 4.90. The first kappa shape index (κ1) is 20.2. The molecule has 1 aromatic carbocycles. The van der Waals surface area contributed by atoms with Crippen molar-refractivity contribution in [1.82, 2.24) is 15.2 Å². The van der Waals surface area contributed by atoms with Crippen LogP contribution in [0.25, 0.3) is 10.9 Å². The summed E-state index contributed by atoms with van der Waals surface area (Å²) in [4.78, 5) is 4.83. The van der Waals surface area contributed by atoms with Gasteiger partial charge < -0.3 is 5.32 Å². The molecule has 28 heavy (non-hydrogen) atoms. The molecule has 0 spiro atoms. The molecule has 2 heterocycles. The molecule has 0 fully saturated rings. The van der Waals surface area contributed by atoms with E-state index in [1.165, 1.54) is 6.92 Å². The van der Waals surface area contributed by atoms with Crippen LogP contribution in [0.3, 0.4) is 0 Å². The van der Waals surface area contributed by atoms with Crippen molar-refractivity contribution in [2.75, 3.05) is 5.32 Å². The molecular formula is C19H21F3N4OS. The highest BCUT2D eigenvalue weighted by Gasteiger charge is 2.36. The molecule has 5 nitrogen and oxygen atoms in total. The Labute approximate surface area is 161 Å². The van der Waals surface area contributed by atoms with Crippen LogP contribution in [0.15, 0.2) is 35.4 Å². The molecule has 1 atom stereocenters. The number of benzene rings is 1. The minimum Gasteiger partial charge on any atom is -0.338 e. The van der Waals surface area contributed by atoms with E-state index in [-0.39, 0.29) is 11.4 Å². The van der Waals surface area contributed by atoms with E-state index in [2.05, 4.69) is 21.3 Å². The van der Waals surface area contributed by atoms with Crippen LogP contribution in [0.5, 0.6) is 0 Å². The number of aromatic nitrogens is 3. The molecular weight excluding hydrogens is 389 g/mol. The van der Waals surface area contributed by atoms with Gasteiger partial charge in [-0.2, -0.15) is 18.3 Å². The molecule has 0 amide bonds. The highest BCUT2D eigenvalue weighted by atomic mass is 32.2. The van der Waals surface area contributed by atoms with Crippen molar-refractivity contribution in [3.63, 3.8) is 0 Å². The van der Waals surface area contributed by atoms with Crippen molar-refractivity contribution in [3.05, 3.63) is 41.7 Å². The van der Waals surface area contributed by atoms with Crippen molar-refractivity contribution < 1.29 is 17.4 Å². The number of nitrogens with zero attached hydrogens (tertiary/aromatic N) is 2. The minimum absolute atomic E-state index is 0.0377. The third-order valence-electron chi connectivity index (χ3n) is 4.63. The topological polar surface area (TPSA) is 70.7 Å². The lowest BCUT2D eigenvalue weighted by molar-refractivity contribution is -0.141. The number of fused-ring (bicyclic) bond motifs is 1. The zero-order valence-corrected chi connectivity index (χ0v) is 16.8. The fraction of sp³-hybridized carbons (Fsp3) is 0.316. The lowest BCUT2D eigenvalue weighted by atomic mass is 10.2. The largest absolute Gasteiger partial charge is 0.433 e. The van der Waals surface area contributed by atoms with E-state index in [1.807, 2.05) is 25.9 Å². The highest BCUT2D eigenvalue weighted by Crippen LogP contribution is 2.35. The van der Waals surface area contributed by atoms with Gasteiger partial charge in [0.25, 0.3) is 0 Å². The first-order chi connectivity index (χ1) is 12.8. The normalized spacial score (nSPS) is 14.8. The van der Waals surface area contributed by atoms with Crippen LogP contribution in [-0.2, 0) is 15.7 Å². The molecule has 0 saturated carbocycles. The Balaban J connectivity index is 2.11. The maximum atomic E-state index is 13.2. The predicted molar refractivity (Wildman–Crippen MR) is 107 cm³/mol. The Morgan fingerprint density at radius 2 is 1.86 bits per heavy atom. The Morgan fingerprint density at radius 3 is 2.43 bits per heavy atom. The van der Waals surface area contributed by atoms with Gasteiger partial charge in [-0.05, 0) is 57.8 Å². The molecule has 0 saturated heterocycles. The summed E-state index contributed by atoms with van der Waals surface area (Å²) in [5.74, 6) is 3.99. The molecule has 1 unspecified atom stereocenters. The summed E-state index contributed by atoms with van der Waals surface area (Å²) in [6.45, 7) is 6.88. The van der Waals surface area contributed by atoms with E-state index >= 15 is 0 Å². The van der Waals surface area contributed by atoms with Gasteiger partial charge >= 0.3 is 6.18 Å². The SMILES string of the molecule is C=S(=O)(c1ccc2nccc(Nc3n[nH]c(C(F)(F)F)c3C)c2c1)C(C)(C)C. The van der Waals surface area contributed by atoms with Gasteiger partial charge in [-0.1, -0.05) is 0 Å². The third-order valence-corrected chi connectivity index (χ3v) is 7.62. The van der Waals surface area contributed by atoms with E-state index in [0.29, 0.717) is 21.5 Å². The first-order valence-electron chi connectivity index (χ1n) is 8.47. The lowest BCUT2D eigenvalue weighted by Crippen LogP contribution is -2.27. The van der Waals surface area contributed by atoms with Gasteiger partial charge in [-0.3, -0.25) is 14.3 Å². The van der Waals surface area contributed by atoms with Crippen molar-refractivity contribution >= 4 is 37.8 Å². The summed E-state index contributed by atoms with van der Waals surface area (Å²) in [6.07, 6.45) is -2.97. The standard InChI is InChI=1S/C19H21F3N4OS/c1-11-16(19(20,21)22)25-26-17(11)24-15-8-9-23-14-7-6-12(10-13(14)15)28(5,27)18(2,3)4/h6-10H,5H2,1-4H3,(H2,23,24,25,26). The Hall–Kier alpha value is -2.55. The molecule has 0 aliphatic carbocycles. The van der Waals surface area contributed by atoms with Crippen LogP contribution in [0.2, 0.25) is 0 Å². The molecule has 2 aromatic heterocycles. The van der Waals surface area contributed by atoms with Crippen LogP contribution in [0.1, 0.15) is 32.0 Å². The second kappa shape index (κ2) is 6.51. The molecule has 0 aliphatic heterocycles. The average molecular weight is 410 g/mol. The monoisotopic (exact) mass is 410 g/mol. The van der Waals surface area contributed by atoms with Crippen LogP contribution < -0.4 is 5.32 Å². The Kier molecular flexibility index (Phi) is 4.69. The molecule has 2 N–H and O–H groups in total. The number of nitrogens with one attached hydrogen (secondary N) is 2. The average Bonchev–Trinajstić information content (AvgIpc) is 2.94.